The highest BCUT2D eigenvalue weighted by molar-refractivity contribution is 7.98. The molecule has 164 valence electrons. The molecule has 0 saturated carbocycles. The fraction of sp³-hybridized carbons (Fsp3) is 0.292. The van der Waals surface area contributed by atoms with Crippen molar-refractivity contribution in [3.8, 4) is 0 Å². The van der Waals surface area contributed by atoms with E-state index in [0.29, 0.717) is 45.6 Å². The summed E-state index contributed by atoms with van der Waals surface area (Å²) >= 11 is 7.57. The highest BCUT2D eigenvalue weighted by Gasteiger charge is 2.21. The Labute approximate surface area is 193 Å². The van der Waals surface area contributed by atoms with Gasteiger partial charge in [0.2, 0.25) is 0 Å². The minimum absolute atomic E-state index is 0.00817. The van der Waals surface area contributed by atoms with E-state index in [9.17, 15) is 9.59 Å². The number of nitrogens with zero attached hydrogens (tertiary/aromatic N) is 2. The van der Waals surface area contributed by atoms with Gasteiger partial charge in [-0.1, -0.05) is 35.5 Å². The first-order valence-electron chi connectivity index (χ1n) is 10.5. The number of benzene rings is 2. The third-order valence-electron chi connectivity index (χ3n) is 5.64. The quantitative estimate of drug-likeness (QED) is 0.235. The van der Waals surface area contributed by atoms with Crippen LogP contribution in [0.15, 0.2) is 61.6 Å². The molecule has 1 aliphatic heterocycles. The van der Waals surface area contributed by atoms with Crippen LogP contribution >= 0.6 is 23.4 Å². The number of fused-ring (bicyclic) bond motifs is 2. The van der Waals surface area contributed by atoms with Crippen LogP contribution in [-0.4, -0.2) is 22.3 Å². The zero-order valence-electron chi connectivity index (χ0n) is 17.5. The number of aryl methyl sites for hydroxylation is 1. The van der Waals surface area contributed by atoms with Gasteiger partial charge in [0.1, 0.15) is 5.58 Å². The van der Waals surface area contributed by atoms with Gasteiger partial charge in [-0.3, -0.25) is 9.36 Å². The van der Waals surface area contributed by atoms with Crippen LogP contribution in [-0.2, 0) is 17.0 Å². The smallest absolute Gasteiger partial charge is 0.336 e. The van der Waals surface area contributed by atoms with Gasteiger partial charge in [-0.25, -0.2) is 9.78 Å². The Morgan fingerprint density at radius 1 is 1.16 bits per heavy atom. The van der Waals surface area contributed by atoms with Crippen molar-refractivity contribution in [3.05, 3.63) is 79.4 Å². The molecule has 1 aliphatic rings. The lowest BCUT2D eigenvalue weighted by atomic mass is 10.1. The van der Waals surface area contributed by atoms with Crippen LogP contribution < -0.4 is 11.2 Å². The van der Waals surface area contributed by atoms with Crippen LogP contribution in [0.3, 0.4) is 0 Å². The van der Waals surface area contributed by atoms with Crippen molar-refractivity contribution >= 4 is 45.2 Å². The molecule has 6 nitrogen and oxygen atoms in total. The van der Waals surface area contributed by atoms with E-state index in [0.717, 1.165) is 29.4 Å². The fourth-order valence-corrected chi connectivity index (χ4v) is 5.20. The second-order valence-electron chi connectivity index (χ2n) is 7.99. The third-order valence-corrected chi connectivity index (χ3v) is 6.90. The van der Waals surface area contributed by atoms with Crippen LogP contribution in [0.1, 0.15) is 24.0 Å². The van der Waals surface area contributed by atoms with Crippen molar-refractivity contribution in [2.75, 3.05) is 6.61 Å². The first-order chi connectivity index (χ1) is 15.5. The summed E-state index contributed by atoms with van der Waals surface area (Å²) in [6.07, 6.45) is 1.90. The molecule has 5 rings (SSSR count). The molecule has 32 heavy (non-hydrogen) atoms. The molecule has 1 saturated heterocycles. The van der Waals surface area contributed by atoms with Gasteiger partial charge in [0, 0.05) is 28.8 Å². The van der Waals surface area contributed by atoms with Gasteiger partial charge in [0.05, 0.1) is 23.6 Å². The molecule has 4 aromatic rings. The van der Waals surface area contributed by atoms with E-state index in [4.69, 9.17) is 25.7 Å². The lowest BCUT2D eigenvalue weighted by Gasteiger charge is -2.17. The SMILES string of the molecule is Cc1ccc2c(CSc3nc4cc(Cl)ccc4c(=O)n3CC3CCCO3)cc(=O)oc2c1. The molecule has 8 heteroatoms. The lowest BCUT2D eigenvalue weighted by Crippen LogP contribution is -2.28. The van der Waals surface area contributed by atoms with E-state index in [1.165, 1.54) is 17.8 Å². The van der Waals surface area contributed by atoms with Gasteiger partial charge in [-0.2, -0.15) is 0 Å². The van der Waals surface area contributed by atoms with E-state index in [2.05, 4.69) is 0 Å². The average molecular weight is 469 g/mol. The number of aromatic nitrogens is 2. The molecule has 0 amide bonds. The Bertz CT molecular complexity index is 1440. The number of rotatable bonds is 5. The molecule has 2 aromatic heterocycles. The number of halogens is 1. The molecule has 3 heterocycles. The summed E-state index contributed by atoms with van der Waals surface area (Å²) in [5.41, 5.74) is 2.46. The monoisotopic (exact) mass is 468 g/mol. The zero-order valence-corrected chi connectivity index (χ0v) is 19.0. The van der Waals surface area contributed by atoms with Crippen LogP contribution in [0.5, 0.6) is 0 Å². The minimum atomic E-state index is -0.395. The summed E-state index contributed by atoms with van der Waals surface area (Å²) in [5.74, 6) is 0.467. The van der Waals surface area contributed by atoms with Crippen LogP contribution in [0.2, 0.25) is 5.02 Å². The first kappa shape index (κ1) is 21.2. The van der Waals surface area contributed by atoms with Gasteiger partial charge < -0.3 is 9.15 Å². The number of hydrogen-bond acceptors (Lipinski definition) is 6. The number of ether oxygens (including phenoxy) is 1. The van der Waals surface area contributed by atoms with Crippen LogP contribution in [0, 0.1) is 6.92 Å². The summed E-state index contributed by atoms with van der Waals surface area (Å²) in [6, 6.07) is 12.4. The summed E-state index contributed by atoms with van der Waals surface area (Å²) in [6.45, 7) is 3.11. The van der Waals surface area contributed by atoms with Gasteiger partial charge in [-0.05, 0) is 55.2 Å². The summed E-state index contributed by atoms with van der Waals surface area (Å²) in [4.78, 5) is 30.2. The Hall–Kier alpha value is -2.61. The summed E-state index contributed by atoms with van der Waals surface area (Å²) < 4.78 is 12.8. The van der Waals surface area contributed by atoms with Crippen molar-refractivity contribution in [2.24, 2.45) is 0 Å². The van der Waals surface area contributed by atoms with Gasteiger partial charge in [0.15, 0.2) is 5.16 Å². The Morgan fingerprint density at radius 3 is 2.81 bits per heavy atom. The summed E-state index contributed by atoms with van der Waals surface area (Å²) in [5, 5.41) is 2.51. The molecule has 0 bridgehead atoms. The number of hydrogen-bond donors (Lipinski definition) is 0. The second-order valence-corrected chi connectivity index (χ2v) is 9.36. The van der Waals surface area contributed by atoms with Crippen molar-refractivity contribution in [2.45, 2.75) is 43.3 Å². The standard InChI is InChI=1S/C24H21ClN2O4S/c1-14-4-6-18-15(10-22(28)31-21(18)9-14)13-32-24-26-20-11-16(25)5-7-19(20)23(29)27(24)12-17-3-2-8-30-17/h4-7,9-11,17H,2-3,8,12-13H2,1H3. The molecule has 0 radical (unpaired) electrons. The van der Waals surface area contributed by atoms with E-state index >= 15 is 0 Å². The highest BCUT2D eigenvalue weighted by atomic mass is 35.5. The molecule has 1 atom stereocenters. The van der Waals surface area contributed by atoms with Crippen molar-refractivity contribution in [1.82, 2.24) is 9.55 Å². The van der Waals surface area contributed by atoms with Gasteiger partial charge >= 0.3 is 5.63 Å². The Morgan fingerprint density at radius 2 is 2.00 bits per heavy atom. The first-order valence-corrected chi connectivity index (χ1v) is 11.8. The minimum Gasteiger partial charge on any atom is -0.423 e. The Kier molecular flexibility index (Phi) is 5.80. The maximum Gasteiger partial charge on any atom is 0.336 e. The highest BCUT2D eigenvalue weighted by Crippen LogP contribution is 2.28. The lowest BCUT2D eigenvalue weighted by molar-refractivity contribution is 0.0937. The van der Waals surface area contributed by atoms with E-state index in [-0.39, 0.29) is 11.7 Å². The topological polar surface area (TPSA) is 74.3 Å². The fourth-order valence-electron chi connectivity index (χ4n) is 4.04. The van der Waals surface area contributed by atoms with Gasteiger partial charge in [-0.15, -0.1) is 0 Å². The number of thioether (sulfide) groups is 1. The molecule has 0 N–H and O–H groups in total. The van der Waals surface area contributed by atoms with Crippen molar-refractivity contribution < 1.29 is 9.15 Å². The van der Waals surface area contributed by atoms with E-state index < -0.39 is 5.63 Å². The second kappa shape index (κ2) is 8.73. The predicted molar refractivity (Wildman–Crippen MR) is 127 cm³/mol. The maximum absolute atomic E-state index is 13.3. The summed E-state index contributed by atoms with van der Waals surface area (Å²) in [7, 11) is 0. The maximum atomic E-state index is 13.3. The van der Waals surface area contributed by atoms with E-state index in [1.807, 2.05) is 25.1 Å². The molecule has 0 spiro atoms. The average Bonchev–Trinajstić information content (AvgIpc) is 3.27. The van der Waals surface area contributed by atoms with Crippen LogP contribution in [0.4, 0.5) is 0 Å². The van der Waals surface area contributed by atoms with Crippen LogP contribution in [0.25, 0.3) is 21.9 Å². The Balaban J connectivity index is 1.56. The normalized spacial score (nSPS) is 16.2. The van der Waals surface area contributed by atoms with Crippen molar-refractivity contribution in [1.29, 1.82) is 0 Å². The van der Waals surface area contributed by atoms with Crippen molar-refractivity contribution in [3.63, 3.8) is 0 Å². The molecular weight excluding hydrogens is 448 g/mol. The van der Waals surface area contributed by atoms with Gasteiger partial charge in [0.25, 0.3) is 5.56 Å². The molecule has 1 fully saturated rings. The van der Waals surface area contributed by atoms with E-state index in [1.54, 1.807) is 22.8 Å². The molecular formula is C24H21ClN2O4S. The molecule has 0 aliphatic carbocycles. The third kappa shape index (κ3) is 4.20. The molecule has 2 aromatic carbocycles. The largest absolute Gasteiger partial charge is 0.423 e. The molecule has 1 unspecified atom stereocenters. The zero-order chi connectivity index (χ0) is 22.2. The predicted octanol–water partition coefficient (Wildman–Crippen LogP) is 4.94.